The molecule has 0 radical (unpaired) electrons. The van der Waals surface area contributed by atoms with Gasteiger partial charge in [-0.2, -0.15) is 0 Å². The number of carbonyl (C=O) groups is 1. The molecule has 2 N–H and O–H groups in total. The molecule has 8 nitrogen and oxygen atoms in total. The number of amides is 1. The lowest BCUT2D eigenvalue weighted by Crippen LogP contribution is -2.32. The van der Waals surface area contributed by atoms with Crippen LogP contribution in [0.5, 0.6) is 5.88 Å². The molecule has 3 heterocycles. The van der Waals surface area contributed by atoms with Gasteiger partial charge in [0.2, 0.25) is 5.88 Å². The topological polar surface area (TPSA) is 102 Å². The molecule has 0 fully saturated rings. The Morgan fingerprint density at radius 1 is 1.33 bits per heavy atom. The minimum atomic E-state index is -0.257. The van der Waals surface area contributed by atoms with Crippen LogP contribution in [-0.2, 0) is 0 Å². The highest BCUT2D eigenvalue weighted by molar-refractivity contribution is 5.94. The Labute approximate surface area is 156 Å². The quantitative estimate of drug-likeness (QED) is 0.695. The number of nitrogens with zero attached hydrogens (tertiary/aromatic N) is 3. The maximum Gasteiger partial charge on any atom is 0.280 e. The van der Waals surface area contributed by atoms with Gasteiger partial charge < -0.3 is 10.1 Å². The summed E-state index contributed by atoms with van der Waals surface area (Å²) in [5, 5.41) is 5.78. The third-order valence-corrected chi connectivity index (χ3v) is 4.26. The summed E-state index contributed by atoms with van der Waals surface area (Å²) in [6, 6.07) is 6.77. The number of hydrogen-bond donors (Lipinski definition) is 2. The van der Waals surface area contributed by atoms with Crippen LogP contribution in [0.4, 0.5) is 0 Å². The summed E-state index contributed by atoms with van der Waals surface area (Å²) < 4.78 is 6.42. The normalized spacial score (nSPS) is 11.8. The third-order valence-electron chi connectivity index (χ3n) is 4.26. The van der Waals surface area contributed by atoms with Crippen LogP contribution in [0.3, 0.4) is 0 Å². The van der Waals surface area contributed by atoms with Gasteiger partial charge in [-0.1, -0.05) is 6.92 Å². The van der Waals surface area contributed by atoms with E-state index in [0.717, 1.165) is 6.42 Å². The summed E-state index contributed by atoms with van der Waals surface area (Å²) in [5.74, 6) is 0.633. The summed E-state index contributed by atoms with van der Waals surface area (Å²) in [6.07, 6.45) is 5.48. The molecule has 0 bridgehead atoms. The van der Waals surface area contributed by atoms with Crippen molar-refractivity contribution in [1.29, 1.82) is 0 Å². The van der Waals surface area contributed by atoms with Crippen LogP contribution in [0.15, 0.2) is 47.7 Å². The highest BCUT2D eigenvalue weighted by Gasteiger charge is 2.13. The van der Waals surface area contributed by atoms with Gasteiger partial charge in [-0.3, -0.25) is 14.7 Å². The monoisotopic (exact) mass is 367 g/mol. The second-order valence-electron chi connectivity index (χ2n) is 6.10. The number of methoxy groups -OCH3 is 1. The number of carbonyl (C=O) groups excluding carboxylic acids is 1. The van der Waals surface area contributed by atoms with Gasteiger partial charge in [-0.15, -0.1) is 0 Å². The van der Waals surface area contributed by atoms with E-state index in [9.17, 15) is 9.59 Å². The largest absolute Gasteiger partial charge is 0.481 e. The van der Waals surface area contributed by atoms with Crippen LogP contribution < -0.4 is 15.6 Å². The second kappa shape index (κ2) is 7.86. The Hall–Kier alpha value is -3.42. The number of hydrogen-bond acceptors (Lipinski definition) is 5. The lowest BCUT2D eigenvalue weighted by atomic mass is 10.1. The first-order valence-electron chi connectivity index (χ1n) is 8.61. The van der Waals surface area contributed by atoms with Gasteiger partial charge in [0.05, 0.1) is 18.2 Å². The summed E-state index contributed by atoms with van der Waals surface area (Å²) >= 11 is 0. The maximum absolute atomic E-state index is 12.7. The Bertz CT molecular complexity index is 991. The van der Waals surface area contributed by atoms with Crippen molar-refractivity contribution in [3.05, 3.63) is 58.8 Å². The Balaban J connectivity index is 1.86. The number of ether oxygens (including phenoxy) is 1. The molecule has 27 heavy (non-hydrogen) atoms. The SMILES string of the molecule is CC[C@H](C)NC(=O)c1ccc(-n2[nH]cc(-c3ccnc(OC)c3)c2=O)nc1. The molecule has 0 aliphatic heterocycles. The second-order valence-corrected chi connectivity index (χ2v) is 6.10. The minimum Gasteiger partial charge on any atom is -0.481 e. The van der Waals surface area contributed by atoms with E-state index in [1.165, 1.54) is 18.0 Å². The highest BCUT2D eigenvalue weighted by atomic mass is 16.5. The van der Waals surface area contributed by atoms with E-state index in [-0.39, 0.29) is 17.5 Å². The maximum atomic E-state index is 12.7. The number of aromatic nitrogens is 4. The van der Waals surface area contributed by atoms with E-state index >= 15 is 0 Å². The van der Waals surface area contributed by atoms with Crippen LogP contribution in [0.25, 0.3) is 16.9 Å². The first-order chi connectivity index (χ1) is 13.0. The molecule has 0 saturated heterocycles. The zero-order valence-electron chi connectivity index (χ0n) is 15.4. The molecule has 8 heteroatoms. The number of nitrogens with one attached hydrogen (secondary N) is 2. The molecule has 3 rings (SSSR count). The molecule has 0 spiro atoms. The first-order valence-corrected chi connectivity index (χ1v) is 8.61. The van der Waals surface area contributed by atoms with Gasteiger partial charge in [0, 0.05) is 30.7 Å². The minimum absolute atomic E-state index is 0.0862. The standard InChI is InChI=1S/C19H21N5O3/c1-4-12(2)23-18(25)14-5-6-16(21-10-14)24-19(26)15(11-22-24)13-7-8-20-17(9-13)27-3/h5-12,22H,4H2,1-3H3,(H,23,25)/t12-/m0/s1. The van der Waals surface area contributed by atoms with Crippen LogP contribution >= 0.6 is 0 Å². The Morgan fingerprint density at radius 2 is 2.15 bits per heavy atom. The van der Waals surface area contributed by atoms with Crippen LogP contribution in [0.1, 0.15) is 30.6 Å². The number of H-pyrrole nitrogens is 1. The van der Waals surface area contributed by atoms with E-state index in [4.69, 9.17) is 4.74 Å². The lowest BCUT2D eigenvalue weighted by Gasteiger charge is -2.11. The van der Waals surface area contributed by atoms with Crippen molar-refractivity contribution in [1.82, 2.24) is 25.1 Å². The van der Waals surface area contributed by atoms with Gasteiger partial charge >= 0.3 is 0 Å². The average Bonchev–Trinajstić information content (AvgIpc) is 3.09. The van der Waals surface area contributed by atoms with Crippen molar-refractivity contribution in [2.75, 3.05) is 7.11 Å². The van der Waals surface area contributed by atoms with Gasteiger partial charge in [0.15, 0.2) is 5.82 Å². The van der Waals surface area contributed by atoms with Crippen molar-refractivity contribution in [3.8, 4) is 22.8 Å². The van der Waals surface area contributed by atoms with E-state index in [0.29, 0.717) is 28.4 Å². The number of aromatic amines is 1. The number of rotatable bonds is 6. The van der Waals surface area contributed by atoms with Crippen molar-refractivity contribution in [3.63, 3.8) is 0 Å². The predicted octanol–water partition coefficient (Wildman–Crippen LogP) is 2.16. The van der Waals surface area contributed by atoms with Crippen LogP contribution in [0, 0.1) is 0 Å². The van der Waals surface area contributed by atoms with Crippen molar-refractivity contribution >= 4 is 5.91 Å². The molecule has 140 valence electrons. The fraction of sp³-hybridized carbons (Fsp3) is 0.263. The molecule has 0 unspecified atom stereocenters. The predicted molar refractivity (Wildman–Crippen MR) is 101 cm³/mol. The summed E-state index contributed by atoms with van der Waals surface area (Å²) in [7, 11) is 1.52. The Kier molecular flexibility index (Phi) is 5.35. The van der Waals surface area contributed by atoms with Crippen LogP contribution in [-0.4, -0.2) is 38.8 Å². The fourth-order valence-corrected chi connectivity index (χ4v) is 2.50. The van der Waals surface area contributed by atoms with Crippen LogP contribution in [0.2, 0.25) is 0 Å². The van der Waals surface area contributed by atoms with Gasteiger partial charge in [-0.05, 0) is 37.1 Å². The molecule has 0 aromatic carbocycles. The van der Waals surface area contributed by atoms with E-state index < -0.39 is 0 Å². The van der Waals surface area contributed by atoms with E-state index in [1.54, 1.807) is 36.7 Å². The van der Waals surface area contributed by atoms with Gasteiger partial charge in [-0.25, -0.2) is 14.6 Å². The van der Waals surface area contributed by atoms with Crippen molar-refractivity contribution in [2.24, 2.45) is 0 Å². The fourth-order valence-electron chi connectivity index (χ4n) is 2.50. The highest BCUT2D eigenvalue weighted by Crippen LogP contribution is 2.19. The molecular formula is C19H21N5O3. The lowest BCUT2D eigenvalue weighted by molar-refractivity contribution is 0.0939. The summed E-state index contributed by atoms with van der Waals surface area (Å²) in [5.41, 5.74) is 1.34. The van der Waals surface area contributed by atoms with Gasteiger partial charge in [0.25, 0.3) is 11.5 Å². The average molecular weight is 367 g/mol. The van der Waals surface area contributed by atoms with E-state index in [1.807, 2.05) is 13.8 Å². The molecule has 3 aromatic rings. The molecule has 1 atom stereocenters. The zero-order chi connectivity index (χ0) is 19.4. The third kappa shape index (κ3) is 3.89. The molecule has 0 saturated carbocycles. The van der Waals surface area contributed by atoms with Gasteiger partial charge in [0.1, 0.15) is 0 Å². The summed E-state index contributed by atoms with van der Waals surface area (Å²) in [6.45, 7) is 3.94. The number of pyridine rings is 2. The van der Waals surface area contributed by atoms with Crippen molar-refractivity contribution < 1.29 is 9.53 Å². The molecule has 1 amide bonds. The first kappa shape index (κ1) is 18.4. The van der Waals surface area contributed by atoms with E-state index in [2.05, 4.69) is 20.4 Å². The molecule has 0 aliphatic carbocycles. The Morgan fingerprint density at radius 3 is 2.81 bits per heavy atom. The molecular weight excluding hydrogens is 346 g/mol. The molecule has 0 aliphatic rings. The zero-order valence-corrected chi connectivity index (χ0v) is 15.4. The summed E-state index contributed by atoms with van der Waals surface area (Å²) in [4.78, 5) is 33.1. The van der Waals surface area contributed by atoms with Crippen molar-refractivity contribution in [2.45, 2.75) is 26.3 Å². The smallest absolute Gasteiger partial charge is 0.280 e. The molecule has 3 aromatic heterocycles.